The third-order valence-corrected chi connectivity index (χ3v) is 18.1. The molecule has 49 heavy (non-hydrogen) atoms. The van der Waals surface area contributed by atoms with Gasteiger partial charge >= 0.3 is 11.9 Å². The Kier molecular flexibility index (Phi) is 18.9. The Morgan fingerprint density at radius 2 is 1.14 bits per heavy atom. The van der Waals surface area contributed by atoms with Crippen molar-refractivity contribution in [1.82, 2.24) is 0 Å². The van der Waals surface area contributed by atoms with Gasteiger partial charge in [0.15, 0.2) is 16.6 Å². The predicted molar refractivity (Wildman–Crippen MR) is 204 cm³/mol. The molecular formula is C39H66O8Si2. The van der Waals surface area contributed by atoms with Crippen LogP contribution in [0.25, 0.3) is 0 Å². The van der Waals surface area contributed by atoms with Crippen molar-refractivity contribution >= 4 is 28.6 Å². The second-order valence-corrected chi connectivity index (χ2v) is 25.4. The number of hydrogen-bond donors (Lipinski definition) is 1. The van der Waals surface area contributed by atoms with Gasteiger partial charge in [0, 0.05) is 12.8 Å². The molecule has 2 unspecified atom stereocenters. The maximum atomic E-state index is 11.5. The van der Waals surface area contributed by atoms with E-state index < -0.39 is 22.6 Å². The van der Waals surface area contributed by atoms with Crippen molar-refractivity contribution in [3.8, 4) is 0 Å². The molecule has 0 aliphatic carbocycles. The van der Waals surface area contributed by atoms with Gasteiger partial charge in [0.1, 0.15) is 23.7 Å². The molecule has 278 valence electrons. The number of carbonyl (C=O) groups excluding carboxylic acids is 1. The van der Waals surface area contributed by atoms with Crippen molar-refractivity contribution in [3.63, 3.8) is 0 Å². The van der Waals surface area contributed by atoms with E-state index in [9.17, 15) is 9.59 Å². The first-order chi connectivity index (χ1) is 22.7. The van der Waals surface area contributed by atoms with Crippen molar-refractivity contribution in [2.75, 3.05) is 0 Å². The highest BCUT2D eigenvalue weighted by Crippen LogP contribution is 2.42. The van der Waals surface area contributed by atoms with E-state index in [1.165, 1.54) is 0 Å². The molecule has 1 N–H and O–H groups in total. The van der Waals surface area contributed by atoms with Gasteiger partial charge in [-0.15, -0.1) is 0 Å². The van der Waals surface area contributed by atoms with E-state index >= 15 is 0 Å². The fourth-order valence-corrected chi connectivity index (χ4v) is 6.75. The summed E-state index contributed by atoms with van der Waals surface area (Å²) in [5.74, 6) is 0.862. The maximum Gasteiger partial charge on any atom is 0.306 e. The summed E-state index contributed by atoms with van der Waals surface area (Å²) in [6.45, 7) is 26.1. The van der Waals surface area contributed by atoms with Crippen molar-refractivity contribution in [3.05, 3.63) is 72.6 Å². The summed E-state index contributed by atoms with van der Waals surface area (Å²) in [6, 6.07) is 7.72. The monoisotopic (exact) mass is 718 g/mol. The van der Waals surface area contributed by atoms with Gasteiger partial charge in [-0.2, -0.15) is 0 Å². The first-order valence-electron chi connectivity index (χ1n) is 17.8. The van der Waals surface area contributed by atoms with Gasteiger partial charge in [0.25, 0.3) is 0 Å². The lowest BCUT2D eigenvalue weighted by Gasteiger charge is -2.38. The smallest absolute Gasteiger partial charge is 0.306 e. The lowest BCUT2D eigenvalue weighted by atomic mass is 10.1. The van der Waals surface area contributed by atoms with Crippen LogP contribution in [0.2, 0.25) is 36.3 Å². The number of aliphatic carboxylic acids is 1. The number of carbonyl (C=O) groups is 2. The van der Waals surface area contributed by atoms with Crippen molar-refractivity contribution in [2.24, 2.45) is 0 Å². The zero-order valence-electron chi connectivity index (χ0n) is 32.5. The maximum absolute atomic E-state index is 11.5. The Balaban J connectivity index is 0.000000494. The van der Waals surface area contributed by atoms with Crippen LogP contribution in [0.1, 0.15) is 130 Å². The third kappa shape index (κ3) is 17.7. The highest BCUT2D eigenvalue weighted by atomic mass is 28.4. The van der Waals surface area contributed by atoms with E-state index in [1.807, 2.05) is 44.2 Å². The van der Waals surface area contributed by atoms with Crippen molar-refractivity contribution in [2.45, 2.75) is 161 Å². The molecule has 0 amide bonds. The van der Waals surface area contributed by atoms with Crippen molar-refractivity contribution in [1.29, 1.82) is 0 Å². The van der Waals surface area contributed by atoms with Crippen LogP contribution in [0.3, 0.4) is 0 Å². The van der Waals surface area contributed by atoms with Crippen LogP contribution in [0, 0.1) is 0 Å². The van der Waals surface area contributed by atoms with E-state index in [4.69, 9.17) is 27.5 Å². The summed E-state index contributed by atoms with van der Waals surface area (Å²) in [5, 5.41) is 8.93. The normalized spacial score (nSPS) is 14.2. The van der Waals surface area contributed by atoms with E-state index in [0.717, 1.165) is 43.6 Å². The minimum absolute atomic E-state index is 0.0421. The fraction of sp³-hybridized carbons (Fsp3) is 0.641. The molecule has 0 radical (unpaired) electrons. The lowest BCUT2D eigenvalue weighted by molar-refractivity contribution is -0.147. The second-order valence-electron chi connectivity index (χ2n) is 15.9. The molecule has 0 spiro atoms. The number of carboxylic acids is 1. The topological polar surface area (TPSA) is 108 Å². The third-order valence-electron chi connectivity index (χ3n) is 9.12. The summed E-state index contributed by atoms with van der Waals surface area (Å²) in [5.41, 5.74) is 0. The molecular weight excluding hydrogens is 653 g/mol. The van der Waals surface area contributed by atoms with Gasteiger partial charge in [0.2, 0.25) is 0 Å². The van der Waals surface area contributed by atoms with E-state index in [1.54, 1.807) is 12.5 Å². The van der Waals surface area contributed by atoms with Crippen LogP contribution in [0.5, 0.6) is 0 Å². The molecule has 10 heteroatoms. The number of carboxylic acid groups (broad SMARTS) is 1. The number of hydrogen-bond acceptors (Lipinski definition) is 7. The molecule has 2 aromatic heterocycles. The van der Waals surface area contributed by atoms with Gasteiger partial charge in [-0.1, -0.05) is 65.8 Å². The number of esters is 1. The summed E-state index contributed by atoms with van der Waals surface area (Å²) in [7, 11) is -3.77. The highest BCUT2D eigenvalue weighted by molar-refractivity contribution is 6.74. The number of allylic oxidation sites excluding steroid dienone is 2. The molecule has 2 heterocycles. The predicted octanol–water partition coefficient (Wildman–Crippen LogP) is 12.0. The Morgan fingerprint density at radius 3 is 1.47 bits per heavy atom. The van der Waals surface area contributed by atoms with Gasteiger partial charge in [0.05, 0.1) is 18.6 Å². The van der Waals surface area contributed by atoms with Crippen LogP contribution in [-0.2, 0) is 23.2 Å². The summed E-state index contributed by atoms with van der Waals surface area (Å²) in [4.78, 5) is 22.0. The second kappa shape index (κ2) is 20.9. The molecule has 0 aromatic carbocycles. The summed E-state index contributed by atoms with van der Waals surface area (Å²) >= 11 is 0. The largest absolute Gasteiger partial charge is 0.481 e. The minimum Gasteiger partial charge on any atom is -0.481 e. The number of rotatable bonds is 19. The minimum atomic E-state index is -1.89. The van der Waals surface area contributed by atoms with Crippen LogP contribution >= 0.6 is 0 Å². The number of furan rings is 2. The Hall–Kier alpha value is -2.67. The molecule has 0 saturated carbocycles. The number of unbranched alkanes of at least 4 members (excludes halogenated alkanes) is 2. The molecule has 0 saturated heterocycles. The van der Waals surface area contributed by atoms with Crippen LogP contribution in [0.15, 0.2) is 69.9 Å². The Morgan fingerprint density at radius 1 is 0.735 bits per heavy atom. The average molecular weight is 719 g/mol. The SMILES string of the molecule is CC(C)(C)[Si](C)(C)OC(C/C=C\CCCC(=O)O)c1ccco1.CC(C)OC(=O)CCC/C=C\CC(O[Si](C)(C)C(C)(C)C)c1ccco1. The molecule has 2 rings (SSSR count). The zero-order valence-corrected chi connectivity index (χ0v) is 34.5. The van der Waals surface area contributed by atoms with Crippen LogP contribution < -0.4 is 0 Å². The molecule has 0 aliphatic rings. The van der Waals surface area contributed by atoms with E-state index in [2.05, 4.69) is 86.0 Å². The van der Waals surface area contributed by atoms with Gasteiger partial charge in [-0.25, -0.2) is 0 Å². The van der Waals surface area contributed by atoms with Crippen LogP contribution in [-0.4, -0.2) is 39.8 Å². The first-order valence-corrected chi connectivity index (χ1v) is 23.6. The molecule has 0 aliphatic heterocycles. The highest BCUT2D eigenvalue weighted by Gasteiger charge is 2.40. The number of ether oxygens (including phenoxy) is 1. The summed E-state index contributed by atoms with van der Waals surface area (Å²) in [6.07, 6.45) is 16.8. The standard InChI is InChI=1S/C21H36O4Si.C18H30O4Si/c1-17(2)24-20(22)15-11-9-8-10-13-19(18-14-12-16-23-18)25-26(6,7)21(3,4)5;1-18(2,3)23(4,5)22-16(15-12-10-14-21-15)11-8-6-7-9-13-17(19)20/h8,10,12,14,16-17,19H,9,11,13,15H2,1-7H3;6,8,10,12,14,16H,7,9,11,13H2,1-5H3,(H,19,20)/b10-8-;8-6-. The Labute approximate surface area is 298 Å². The van der Waals surface area contributed by atoms with E-state index in [0.29, 0.717) is 12.8 Å². The lowest BCUT2D eigenvalue weighted by Crippen LogP contribution is -2.41. The van der Waals surface area contributed by atoms with Gasteiger partial charge in [-0.05, 0) is 113 Å². The van der Waals surface area contributed by atoms with E-state index in [-0.39, 0.29) is 40.8 Å². The fourth-order valence-electron chi connectivity index (χ4n) is 4.19. The molecule has 2 atom stereocenters. The molecule has 8 nitrogen and oxygen atoms in total. The quantitative estimate of drug-likeness (QED) is 0.0662. The Bertz CT molecular complexity index is 1250. The zero-order chi connectivity index (χ0) is 37.3. The molecule has 0 bridgehead atoms. The van der Waals surface area contributed by atoms with Gasteiger partial charge in [-0.3, -0.25) is 9.59 Å². The first kappa shape index (κ1) is 44.4. The molecule has 0 fully saturated rings. The van der Waals surface area contributed by atoms with Gasteiger partial charge < -0.3 is 27.5 Å². The molecule has 2 aromatic rings. The average Bonchev–Trinajstić information content (AvgIpc) is 3.69. The summed E-state index contributed by atoms with van der Waals surface area (Å²) < 4.78 is 29.3. The van der Waals surface area contributed by atoms with Crippen LogP contribution in [0.4, 0.5) is 0 Å². The van der Waals surface area contributed by atoms with Crippen molar-refractivity contribution < 1.29 is 37.1 Å².